The van der Waals surface area contributed by atoms with Gasteiger partial charge in [-0.25, -0.2) is 0 Å². The maximum Gasteiger partial charge on any atom is 0.305 e. The molecule has 0 saturated carbocycles. The van der Waals surface area contributed by atoms with Crippen LogP contribution >= 0.6 is 0 Å². The third-order valence-corrected chi connectivity index (χ3v) is 2.48. The molecule has 0 aliphatic carbocycles. The van der Waals surface area contributed by atoms with E-state index in [0.717, 1.165) is 11.3 Å². The van der Waals surface area contributed by atoms with Crippen LogP contribution in [0.15, 0.2) is 30.5 Å². The van der Waals surface area contributed by atoms with Gasteiger partial charge in [0.15, 0.2) is 0 Å². The van der Waals surface area contributed by atoms with Crippen LogP contribution in [0, 0.1) is 0 Å². The number of carbonyl (C=O) groups is 1. The van der Waals surface area contributed by atoms with Gasteiger partial charge in [-0.15, -0.1) is 5.10 Å². The van der Waals surface area contributed by atoms with E-state index < -0.39 is 5.97 Å². The molecule has 1 heterocycles. The lowest BCUT2D eigenvalue weighted by Gasteiger charge is -1.99. The van der Waals surface area contributed by atoms with Crippen LogP contribution in [0.25, 0.3) is 11.3 Å². The Bertz CT molecular complexity index is 534. The van der Waals surface area contributed by atoms with Crippen LogP contribution in [0.3, 0.4) is 0 Å². The number of carboxylic acid groups (broad SMARTS) is 1. The number of carboxylic acids is 1. The van der Waals surface area contributed by atoms with E-state index >= 15 is 0 Å². The van der Waals surface area contributed by atoms with Crippen molar-refractivity contribution in [3.05, 3.63) is 30.5 Å². The summed E-state index contributed by atoms with van der Waals surface area (Å²) in [5.74, 6) is -0.0754. The first-order valence-corrected chi connectivity index (χ1v) is 5.45. The number of aliphatic carboxylic acids is 1. The number of methoxy groups -OCH3 is 1. The van der Waals surface area contributed by atoms with Gasteiger partial charge in [0.25, 0.3) is 0 Å². The van der Waals surface area contributed by atoms with E-state index in [1.54, 1.807) is 13.3 Å². The lowest BCUT2D eigenvalue weighted by molar-refractivity contribution is -0.137. The normalized spacial score (nSPS) is 10.3. The lowest BCUT2D eigenvalue weighted by Crippen LogP contribution is -2.04. The Morgan fingerprint density at radius 2 is 2.11 bits per heavy atom. The maximum absolute atomic E-state index is 10.4. The standard InChI is InChI=1S/C12H13N3O3/c1-18-10-4-2-9(3-5-10)11-8-15(14-13-11)7-6-12(16)17/h2-5,8H,6-7H2,1H3,(H,16,17). The van der Waals surface area contributed by atoms with Gasteiger partial charge in [0.2, 0.25) is 0 Å². The zero-order valence-electron chi connectivity index (χ0n) is 9.91. The van der Waals surface area contributed by atoms with Crippen molar-refractivity contribution in [2.75, 3.05) is 7.11 Å². The van der Waals surface area contributed by atoms with Crippen LogP contribution in [0.2, 0.25) is 0 Å². The Labute approximate surface area is 104 Å². The van der Waals surface area contributed by atoms with Crippen molar-refractivity contribution in [2.45, 2.75) is 13.0 Å². The predicted octanol–water partition coefficient (Wildman–Crippen LogP) is 1.43. The van der Waals surface area contributed by atoms with Crippen LogP contribution in [0.4, 0.5) is 0 Å². The molecule has 2 rings (SSSR count). The van der Waals surface area contributed by atoms with Gasteiger partial charge in [0.05, 0.1) is 26.3 Å². The van der Waals surface area contributed by atoms with Crippen molar-refractivity contribution in [1.29, 1.82) is 0 Å². The second-order valence-corrected chi connectivity index (χ2v) is 3.74. The summed E-state index contributed by atoms with van der Waals surface area (Å²) in [5.41, 5.74) is 1.63. The molecule has 0 atom stereocenters. The number of hydrogen-bond donors (Lipinski definition) is 1. The van der Waals surface area contributed by atoms with Gasteiger partial charge in [-0.05, 0) is 24.3 Å². The maximum atomic E-state index is 10.4. The zero-order valence-corrected chi connectivity index (χ0v) is 9.91. The smallest absolute Gasteiger partial charge is 0.305 e. The van der Waals surface area contributed by atoms with Crippen LogP contribution in [0.1, 0.15) is 6.42 Å². The van der Waals surface area contributed by atoms with E-state index in [1.807, 2.05) is 24.3 Å². The molecule has 0 bridgehead atoms. The molecule has 0 fully saturated rings. The first kappa shape index (κ1) is 12.1. The molecular weight excluding hydrogens is 234 g/mol. The molecule has 0 aliphatic rings. The lowest BCUT2D eigenvalue weighted by atomic mass is 10.2. The van der Waals surface area contributed by atoms with E-state index in [9.17, 15) is 4.79 Å². The fourth-order valence-electron chi connectivity index (χ4n) is 1.51. The molecule has 1 aromatic heterocycles. The van der Waals surface area contributed by atoms with Crippen LogP contribution in [-0.4, -0.2) is 33.2 Å². The SMILES string of the molecule is COc1ccc(-c2cn(CCC(=O)O)nn2)cc1. The summed E-state index contributed by atoms with van der Waals surface area (Å²) in [7, 11) is 1.61. The summed E-state index contributed by atoms with van der Waals surface area (Å²) < 4.78 is 6.59. The highest BCUT2D eigenvalue weighted by molar-refractivity contribution is 5.66. The number of rotatable bonds is 5. The summed E-state index contributed by atoms with van der Waals surface area (Å²) in [4.78, 5) is 10.4. The van der Waals surface area contributed by atoms with E-state index in [-0.39, 0.29) is 6.42 Å². The monoisotopic (exact) mass is 247 g/mol. The van der Waals surface area contributed by atoms with Gasteiger partial charge < -0.3 is 9.84 Å². The average Bonchev–Trinajstić information content (AvgIpc) is 2.85. The molecule has 1 aromatic carbocycles. The molecule has 0 spiro atoms. The number of aromatic nitrogens is 3. The minimum absolute atomic E-state index is 0.0331. The first-order chi connectivity index (χ1) is 8.69. The Balaban J connectivity index is 2.10. The van der Waals surface area contributed by atoms with Crippen molar-refractivity contribution in [2.24, 2.45) is 0 Å². The average molecular weight is 247 g/mol. The number of hydrogen-bond acceptors (Lipinski definition) is 4. The van der Waals surface area contributed by atoms with E-state index in [1.165, 1.54) is 4.68 Å². The van der Waals surface area contributed by atoms with Crippen molar-refractivity contribution in [3.63, 3.8) is 0 Å². The number of nitrogens with zero attached hydrogens (tertiary/aromatic N) is 3. The molecule has 1 N–H and O–H groups in total. The van der Waals surface area contributed by atoms with Gasteiger partial charge in [-0.2, -0.15) is 0 Å². The molecule has 2 aromatic rings. The summed E-state index contributed by atoms with van der Waals surface area (Å²) in [6.07, 6.45) is 1.76. The Morgan fingerprint density at radius 3 is 2.72 bits per heavy atom. The molecule has 6 nitrogen and oxygen atoms in total. The largest absolute Gasteiger partial charge is 0.497 e. The quantitative estimate of drug-likeness (QED) is 0.864. The topological polar surface area (TPSA) is 77.2 Å². The molecular formula is C12H13N3O3. The van der Waals surface area contributed by atoms with Crippen molar-refractivity contribution in [3.8, 4) is 17.0 Å². The van der Waals surface area contributed by atoms with Gasteiger partial charge in [-0.3, -0.25) is 9.48 Å². The summed E-state index contributed by atoms with van der Waals surface area (Å²) >= 11 is 0. The van der Waals surface area contributed by atoms with Crippen molar-refractivity contribution >= 4 is 5.97 Å². The molecule has 94 valence electrons. The van der Waals surface area contributed by atoms with Gasteiger partial charge in [-0.1, -0.05) is 5.21 Å². The fourth-order valence-corrected chi connectivity index (χ4v) is 1.51. The third kappa shape index (κ3) is 2.85. The fraction of sp³-hybridized carbons (Fsp3) is 0.250. The third-order valence-electron chi connectivity index (χ3n) is 2.48. The molecule has 0 aliphatic heterocycles. The minimum atomic E-state index is -0.850. The van der Waals surface area contributed by atoms with Crippen molar-refractivity contribution in [1.82, 2.24) is 15.0 Å². The van der Waals surface area contributed by atoms with Gasteiger partial charge in [0.1, 0.15) is 11.4 Å². The number of aryl methyl sites for hydroxylation is 1. The highest BCUT2D eigenvalue weighted by atomic mass is 16.5. The van der Waals surface area contributed by atoms with E-state index in [0.29, 0.717) is 12.2 Å². The highest BCUT2D eigenvalue weighted by Gasteiger charge is 2.05. The molecule has 0 radical (unpaired) electrons. The Morgan fingerprint density at radius 1 is 1.39 bits per heavy atom. The molecule has 0 saturated heterocycles. The first-order valence-electron chi connectivity index (χ1n) is 5.45. The summed E-state index contributed by atoms with van der Waals surface area (Å²) in [6, 6.07) is 7.44. The zero-order chi connectivity index (χ0) is 13.0. The molecule has 6 heteroatoms. The highest BCUT2D eigenvalue weighted by Crippen LogP contribution is 2.19. The van der Waals surface area contributed by atoms with Gasteiger partial charge in [0, 0.05) is 5.56 Å². The summed E-state index contributed by atoms with van der Waals surface area (Å²) in [5, 5.41) is 16.5. The van der Waals surface area contributed by atoms with Gasteiger partial charge >= 0.3 is 5.97 Å². The predicted molar refractivity (Wildman–Crippen MR) is 64.3 cm³/mol. The van der Waals surface area contributed by atoms with Crippen LogP contribution < -0.4 is 4.74 Å². The van der Waals surface area contributed by atoms with E-state index in [4.69, 9.17) is 9.84 Å². The van der Waals surface area contributed by atoms with Crippen molar-refractivity contribution < 1.29 is 14.6 Å². The molecule has 0 amide bonds. The van der Waals surface area contributed by atoms with Crippen LogP contribution in [-0.2, 0) is 11.3 Å². The second-order valence-electron chi connectivity index (χ2n) is 3.74. The molecule has 0 unspecified atom stereocenters. The Hall–Kier alpha value is -2.37. The molecule has 18 heavy (non-hydrogen) atoms. The van der Waals surface area contributed by atoms with Crippen LogP contribution in [0.5, 0.6) is 5.75 Å². The second kappa shape index (κ2) is 5.31. The Kier molecular flexibility index (Phi) is 3.57. The number of ether oxygens (including phenoxy) is 1. The summed E-state index contributed by atoms with van der Waals surface area (Å²) in [6.45, 7) is 0.318. The van der Waals surface area contributed by atoms with E-state index in [2.05, 4.69) is 10.3 Å². The number of benzene rings is 1. The minimum Gasteiger partial charge on any atom is -0.497 e.